The van der Waals surface area contributed by atoms with Gasteiger partial charge in [0.2, 0.25) is 0 Å². The first-order valence-electron chi connectivity index (χ1n) is 6.83. The zero-order valence-corrected chi connectivity index (χ0v) is 12.1. The van der Waals surface area contributed by atoms with E-state index in [4.69, 9.17) is 0 Å². The van der Waals surface area contributed by atoms with Gasteiger partial charge in [-0.15, -0.1) is 0 Å². The van der Waals surface area contributed by atoms with Gasteiger partial charge in [0.05, 0.1) is 0 Å². The molecule has 0 nitrogen and oxygen atoms in total. The van der Waals surface area contributed by atoms with Gasteiger partial charge in [-0.1, -0.05) is 85.0 Å². The summed E-state index contributed by atoms with van der Waals surface area (Å²) in [5.74, 6) is 0. The molecule has 0 N–H and O–H groups in total. The van der Waals surface area contributed by atoms with Gasteiger partial charge >= 0.3 is 0 Å². The highest BCUT2D eigenvalue weighted by Gasteiger charge is 2.00. The van der Waals surface area contributed by atoms with Crippen LogP contribution >= 0.6 is 0 Å². The maximum atomic E-state index is 3.99. The van der Waals surface area contributed by atoms with Gasteiger partial charge < -0.3 is 0 Å². The molecule has 0 unspecified atom stereocenters. The van der Waals surface area contributed by atoms with Gasteiger partial charge in [0.1, 0.15) is 0 Å². The second-order valence-corrected chi connectivity index (χ2v) is 5.01. The van der Waals surface area contributed by atoms with E-state index in [1.54, 1.807) is 0 Å². The Morgan fingerprint density at radius 3 is 1.75 bits per heavy atom. The minimum atomic E-state index is 1.06. The SMILES string of the molecule is C=C(C)/C=C(\C=C(/C)c1ccccc1)c1ccccc1. The highest BCUT2D eigenvalue weighted by molar-refractivity contribution is 5.84. The Bertz CT molecular complexity index is 628. The molecule has 0 saturated carbocycles. The molecule has 0 fully saturated rings. The Balaban J connectivity index is 2.42. The molecular weight excluding hydrogens is 240 g/mol. The Morgan fingerprint density at radius 2 is 1.25 bits per heavy atom. The molecule has 0 amide bonds. The van der Waals surface area contributed by atoms with Crippen molar-refractivity contribution in [3.05, 3.63) is 96.1 Å². The Kier molecular flexibility index (Phi) is 4.73. The lowest BCUT2D eigenvalue weighted by Gasteiger charge is -2.07. The van der Waals surface area contributed by atoms with Gasteiger partial charge in [-0.25, -0.2) is 0 Å². The van der Waals surface area contributed by atoms with Gasteiger partial charge in [-0.05, 0) is 36.1 Å². The van der Waals surface area contributed by atoms with E-state index in [1.807, 2.05) is 19.1 Å². The van der Waals surface area contributed by atoms with Crippen molar-refractivity contribution in [1.29, 1.82) is 0 Å². The Labute approximate surface area is 121 Å². The number of allylic oxidation sites excluding steroid dienone is 5. The largest absolute Gasteiger partial charge is 0.0961 e. The van der Waals surface area contributed by atoms with Crippen molar-refractivity contribution in [2.75, 3.05) is 0 Å². The summed E-state index contributed by atoms with van der Waals surface area (Å²) in [7, 11) is 0. The average Bonchev–Trinajstić information content (AvgIpc) is 2.48. The fraction of sp³-hybridized carbons (Fsp3) is 0.100. The molecule has 2 aromatic rings. The van der Waals surface area contributed by atoms with E-state index in [2.05, 4.69) is 74.2 Å². The lowest BCUT2D eigenvalue weighted by Crippen LogP contribution is -1.84. The van der Waals surface area contributed by atoms with E-state index < -0.39 is 0 Å². The van der Waals surface area contributed by atoms with E-state index >= 15 is 0 Å². The van der Waals surface area contributed by atoms with Crippen LogP contribution in [0.5, 0.6) is 0 Å². The lowest BCUT2D eigenvalue weighted by molar-refractivity contribution is 1.52. The summed E-state index contributed by atoms with van der Waals surface area (Å²) in [6.07, 6.45) is 4.35. The zero-order chi connectivity index (χ0) is 14.4. The Hall–Kier alpha value is -2.34. The second-order valence-electron chi connectivity index (χ2n) is 5.01. The molecule has 0 radical (unpaired) electrons. The first kappa shape index (κ1) is 14.1. The van der Waals surface area contributed by atoms with Crippen molar-refractivity contribution in [1.82, 2.24) is 0 Å². The van der Waals surface area contributed by atoms with Crippen LogP contribution < -0.4 is 0 Å². The van der Waals surface area contributed by atoms with Crippen LogP contribution in [0.15, 0.2) is 85.0 Å². The van der Waals surface area contributed by atoms with Crippen molar-refractivity contribution >= 4 is 11.1 Å². The monoisotopic (exact) mass is 260 g/mol. The summed E-state index contributed by atoms with van der Waals surface area (Å²) in [5.41, 5.74) is 5.96. The topological polar surface area (TPSA) is 0 Å². The van der Waals surface area contributed by atoms with Crippen molar-refractivity contribution < 1.29 is 0 Å². The fourth-order valence-electron chi connectivity index (χ4n) is 2.12. The van der Waals surface area contributed by atoms with Gasteiger partial charge in [-0.2, -0.15) is 0 Å². The molecule has 0 heterocycles. The number of hydrogen-bond donors (Lipinski definition) is 0. The molecule has 2 aromatic carbocycles. The molecule has 0 atom stereocenters. The van der Waals surface area contributed by atoms with Crippen molar-refractivity contribution in [3.63, 3.8) is 0 Å². The van der Waals surface area contributed by atoms with Crippen LogP contribution in [-0.2, 0) is 0 Å². The molecule has 0 aliphatic carbocycles. The van der Waals surface area contributed by atoms with Gasteiger partial charge in [0.15, 0.2) is 0 Å². The van der Waals surface area contributed by atoms with Crippen LogP contribution in [0.4, 0.5) is 0 Å². The molecular formula is C20H20. The summed E-state index contributed by atoms with van der Waals surface area (Å²) in [6.45, 7) is 8.16. The highest BCUT2D eigenvalue weighted by Crippen LogP contribution is 2.23. The predicted molar refractivity (Wildman–Crippen MR) is 89.3 cm³/mol. The average molecular weight is 260 g/mol. The van der Waals surface area contributed by atoms with Crippen molar-refractivity contribution in [2.45, 2.75) is 13.8 Å². The third kappa shape index (κ3) is 3.83. The van der Waals surface area contributed by atoms with E-state index in [-0.39, 0.29) is 0 Å². The molecule has 0 saturated heterocycles. The number of benzene rings is 2. The highest BCUT2D eigenvalue weighted by atomic mass is 14.1. The fourth-order valence-corrected chi connectivity index (χ4v) is 2.12. The molecule has 2 rings (SSSR count). The minimum Gasteiger partial charge on any atom is -0.0961 e. The molecule has 0 bridgehead atoms. The summed E-state index contributed by atoms with van der Waals surface area (Å²) in [6, 6.07) is 20.9. The van der Waals surface area contributed by atoms with Gasteiger partial charge in [0.25, 0.3) is 0 Å². The van der Waals surface area contributed by atoms with Crippen LogP contribution in [0.1, 0.15) is 25.0 Å². The standard InChI is InChI=1S/C20H20/c1-16(2)14-20(19-12-8-5-9-13-19)15-17(3)18-10-6-4-7-11-18/h4-15H,1H2,2-3H3/b17-15+,20-14+. The quantitative estimate of drug-likeness (QED) is 0.614. The van der Waals surface area contributed by atoms with Crippen LogP contribution in [0.2, 0.25) is 0 Å². The van der Waals surface area contributed by atoms with E-state index in [9.17, 15) is 0 Å². The van der Waals surface area contributed by atoms with Crippen LogP contribution in [0.3, 0.4) is 0 Å². The maximum Gasteiger partial charge on any atom is -0.0179 e. The summed E-state index contributed by atoms with van der Waals surface area (Å²) >= 11 is 0. The minimum absolute atomic E-state index is 1.06. The first-order chi connectivity index (χ1) is 9.66. The summed E-state index contributed by atoms with van der Waals surface area (Å²) in [4.78, 5) is 0. The van der Waals surface area contributed by atoms with Crippen molar-refractivity contribution in [3.8, 4) is 0 Å². The van der Waals surface area contributed by atoms with Crippen LogP contribution in [-0.4, -0.2) is 0 Å². The lowest BCUT2D eigenvalue weighted by atomic mass is 9.98. The number of rotatable bonds is 4. The van der Waals surface area contributed by atoms with E-state index in [0.29, 0.717) is 0 Å². The molecule has 100 valence electrons. The molecule has 0 spiro atoms. The smallest absolute Gasteiger partial charge is 0.0179 e. The van der Waals surface area contributed by atoms with E-state index in [0.717, 1.165) is 5.57 Å². The Morgan fingerprint density at radius 1 is 0.750 bits per heavy atom. The molecule has 0 aromatic heterocycles. The summed E-state index contributed by atoms with van der Waals surface area (Å²) < 4.78 is 0. The van der Waals surface area contributed by atoms with Crippen LogP contribution in [0, 0.1) is 0 Å². The second kappa shape index (κ2) is 6.72. The third-order valence-corrected chi connectivity index (χ3v) is 3.11. The van der Waals surface area contributed by atoms with Crippen molar-refractivity contribution in [2.24, 2.45) is 0 Å². The molecule has 0 heteroatoms. The molecule has 20 heavy (non-hydrogen) atoms. The first-order valence-corrected chi connectivity index (χ1v) is 6.83. The van der Waals surface area contributed by atoms with Crippen LogP contribution in [0.25, 0.3) is 11.1 Å². The summed E-state index contributed by atoms with van der Waals surface area (Å²) in [5, 5.41) is 0. The van der Waals surface area contributed by atoms with Gasteiger partial charge in [0, 0.05) is 0 Å². The molecule has 0 aliphatic heterocycles. The van der Waals surface area contributed by atoms with E-state index in [1.165, 1.54) is 22.3 Å². The zero-order valence-electron chi connectivity index (χ0n) is 12.1. The third-order valence-electron chi connectivity index (χ3n) is 3.11. The van der Waals surface area contributed by atoms with Gasteiger partial charge in [-0.3, -0.25) is 0 Å². The normalized spacial score (nSPS) is 12.3. The predicted octanol–water partition coefficient (Wildman–Crippen LogP) is 5.75. The number of hydrogen-bond acceptors (Lipinski definition) is 0. The maximum absolute atomic E-state index is 3.99. The molecule has 0 aliphatic rings.